The SMILES string of the molecule is Cl.O=C(Nc1ccc(N2CCNCC2)cc1)c1ccc(N2CCNCC2)s1. The molecule has 0 radical (unpaired) electrons. The van der Waals surface area contributed by atoms with Crippen LogP contribution in [0, 0.1) is 0 Å². The van der Waals surface area contributed by atoms with Crippen molar-refractivity contribution in [2.24, 2.45) is 0 Å². The number of nitrogens with one attached hydrogen (secondary N) is 3. The van der Waals surface area contributed by atoms with E-state index in [0.29, 0.717) is 0 Å². The van der Waals surface area contributed by atoms with Gasteiger partial charge in [0.15, 0.2) is 0 Å². The average Bonchev–Trinajstić information content (AvgIpc) is 3.20. The summed E-state index contributed by atoms with van der Waals surface area (Å²) in [5.41, 5.74) is 2.05. The van der Waals surface area contributed by atoms with Crippen LogP contribution in [0.3, 0.4) is 0 Å². The Morgan fingerprint density at radius 2 is 1.44 bits per heavy atom. The minimum Gasteiger partial charge on any atom is -0.369 e. The number of carbonyl (C=O) groups is 1. The van der Waals surface area contributed by atoms with Gasteiger partial charge in [0.1, 0.15) is 0 Å². The fourth-order valence-electron chi connectivity index (χ4n) is 3.38. The number of rotatable bonds is 4. The number of thiophene rings is 1. The van der Waals surface area contributed by atoms with Gasteiger partial charge in [-0.15, -0.1) is 23.7 Å². The highest BCUT2D eigenvalue weighted by Gasteiger charge is 2.16. The van der Waals surface area contributed by atoms with Crippen molar-refractivity contribution in [2.45, 2.75) is 0 Å². The van der Waals surface area contributed by atoms with Crippen LogP contribution in [0.25, 0.3) is 0 Å². The highest BCUT2D eigenvalue weighted by atomic mass is 35.5. The van der Waals surface area contributed by atoms with E-state index in [2.05, 4.69) is 43.9 Å². The maximum atomic E-state index is 12.5. The molecular formula is C19H26ClN5OS. The van der Waals surface area contributed by atoms with E-state index in [1.807, 2.05) is 18.2 Å². The van der Waals surface area contributed by atoms with Gasteiger partial charge in [0.05, 0.1) is 9.88 Å². The van der Waals surface area contributed by atoms with Gasteiger partial charge in [-0.2, -0.15) is 0 Å². The minimum absolute atomic E-state index is 0. The third kappa shape index (κ3) is 4.93. The molecule has 0 bridgehead atoms. The average molecular weight is 408 g/mol. The monoisotopic (exact) mass is 407 g/mol. The van der Waals surface area contributed by atoms with Gasteiger partial charge in [-0.3, -0.25) is 4.79 Å². The zero-order chi connectivity index (χ0) is 17.8. The van der Waals surface area contributed by atoms with Crippen LogP contribution in [-0.4, -0.2) is 58.3 Å². The summed E-state index contributed by atoms with van der Waals surface area (Å²) in [7, 11) is 0. The van der Waals surface area contributed by atoms with Crippen LogP contribution in [0.1, 0.15) is 9.67 Å². The van der Waals surface area contributed by atoms with Crippen molar-refractivity contribution < 1.29 is 4.79 Å². The van der Waals surface area contributed by atoms with Crippen molar-refractivity contribution in [2.75, 3.05) is 67.5 Å². The Kier molecular flexibility index (Phi) is 6.95. The molecule has 0 spiro atoms. The predicted molar refractivity (Wildman–Crippen MR) is 116 cm³/mol. The van der Waals surface area contributed by atoms with Gasteiger partial charge in [0.2, 0.25) is 0 Å². The van der Waals surface area contributed by atoms with E-state index in [-0.39, 0.29) is 18.3 Å². The lowest BCUT2D eigenvalue weighted by Gasteiger charge is -2.29. The summed E-state index contributed by atoms with van der Waals surface area (Å²) >= 11 is 1.56. The Morgan fingerprint density at radius 3 is 2.07 bits per heavy atom. The highest BCUT2D eigenvalue weighted by Crippen LogP contribution is 2.27. The molecule has 2 aliphatic heterocycles. The van der Waals surface area contributed by atoms with Crippen molar-refractivity contribution >= 4 is 46.0 Å². The maximum Gasteiger partial charge on any atom is 0.265 e. The van der Waals surface area contributed by atoms with Crippen LogP contribution in [-0.2, 0) is 0 Å². The van der Waals surface area contributed by atoms with Gasteiger partial charge in [-0.25, -0.2) is 0 Å². The largest absolute Gasteiger partial charge is 0.369 e. The Labute approximate surface area is 170 Å². The van der Waals surface area contributed by atoms with Crippen molar-refractivity contribution in [1.29, 1.82) is 0 Å². The molecule has 2 aromatic rings. The molecule has 146 valence electrons. The molecule has 8 heteroatoms. The first-order valence-electron chi connectivity index (χ1n) is 9.22. The lowest BCUT2D eigenvalue weighted by atomic mass is 10.2. The lowest BCUT2D eigenvalue weighted by Crippen LogP contribution is -2.43. The smallest absolute Gasteiger partial charge is 0.265 e. The Hall–Kier alpha value is -1.80. The van der Waals surface area contributed by atoms with Crippen LogP contribution in [0.15, 0.2) is 36.4 Å². The summed E-state index contributed by atoms with van der Waals surface area (Å²) < 4.78 is 0. The third-order valence-electron chi connectivity index (χ3n) is 4.85. The molecular weight excluding hydrogens is 382 g/mol. The second-order valence-electron chi connectivity index (χ2n) is 6.61. The quantitative estimate of drug-likeness (QED) is 0.725. The van der Waals surface area contributed by atoms with Gasteiger partial charge in [-0.05, 0) is 36.4 Å². The number of benzene rings is 1. The fourth-order valence-corrected chi connectivity index (χ4v) is 4.33. The maximum absolute atomic E-state index is 12.5. The Morgan fingerprint density at radius 1 is 0.852 bits per heavy atom. The third-order valence-corrected chi connectivity index (χ3v) is 6.00. The van der Waals surface area contributed by atoms with Crippen LogP contribution in [0.4, 0.5) is 16.4 Å². The van der Waals surface area contributed by atoms with Gasteiger partial charge in [0.25, 0.3) is 5.91 Å². The van der Waals surface area contributed by atoms with E-state index < -0.39 is 0 Å². The second-order valence-corrected chi connectivity index (χ2v) is 7.68. The van der Waals surface area contributed by atoms with Gasteiger partial charge >= 0.3 is 0 Å². The lowest BCUT2D eigenvalue weighted by molar-refractivity contribution is 0.103. The number of anilines is 3. The number of piperazine rings is 2. The number of nitrogens with zero attached hydrogens (tertiary/aromatic N) is 2. The van der Waals surface area contributed by atoms with Gasteiger partial charge < -0.3 is 25.8 Å². The van der Waals surface area contributed by atoms with Crippen molar-refractivity contribution in [3.8, 4) is 0 Å². The van der Waals surface area contributed by atoms with E-state index in [1.54, 1.807) is 11.3 Å². The van der Waals surface area contributed by atoms with Crippen molar-refractivity contribution in [3.63, 3.8) is 0 Å². The summed E-state index contributed by atoms with van der Waals surface area (Å²) in [5.74, 6) is -0.0358. The van der Waals surface area contributed by atoms with E-state index in [9.17, 15) is 4.79 Å². The summed E-state index contributed by atoms with van der Waals surface area (Å²) in [6.07, 6.45) is 0. The summed E-state index contributed by atoms with van der Waals surface area (Å²) in [6.45, 7) is 8.08. The highest BCUT2D eigenvalue weighted by molar-refractivity contribution is 7.18. The van der Waals surface area contributed by atoms with Crippen LogP contribution >= 0.6 is 23.7 Å². The van der Waals surface area contributed by atoms with E-state index in [1.165, 1.54) is 10.7 Å². The first-order valence-corrected chi connectivity index (χ1v) is 10.0. The molecule has 1 amide bonds. The predicted octanol–water partition coefficient (Wildman–Crippen LogP) is 2.24. The Balaban J connectivity index is 0.00000210. The molecule has 0 aliphatic carbocycles. The molecule has 2 saturated heterocycles. The topological polar surface area (TPSA) is 59.6 Å². The first-order chi connectivity index (χ1) is 12.8. The summed E-state index contributed by atoms with van der Waals surface area (Å²) in [4.78, 5) is 18.0. The molecule has 1 aromatic heterocycles. The molecule has 3 heterocycles. The number of hydrogen-bond donors (Lipinski definition) is 3. The standard InChI is InChI=1S/C19H25N5OS.ClH/c25-19(17-5-6-18(26-17)24-13-9-21-10-14-24)22-15-1-3-16(4-2-15)23-11-7-20-8-12-23;/h1-6,20-21H,7-14H2,(H,22,25);1H. The molecule has 3 N–H and O–H groups in total. The first kappa shape index (κ1) is 19.9. The van der Waals surface area contributed by atoms with Gasteiger partial charge in [0, 0.05) is 63.7 Å². The van der Waals surface area contributed by atoms with Gasteiger partial charge in [-0.1, -0.05) is 0 Å². The zero-order valence-corrected chi connectivity index (χ0v) is 16.9. The number of hydrogen-bond acceptors (Lipinski definition) is 6. The van der Waals surface area contributed by atoms with E-state index in [0.717, 1.165) is 62.9 Å². The molecule has 2 fully saturated rings. The van der Waals surface area contributed by atoms with Crippen molar-refractivity contribution in [3.05, 3.63) is 41.3 Å². The number of carbonyl (C=O) groups excluding carboxylic acids is 1. The number of halogens is 1. The molecule has 0 saturated carbocycles. The van der Waals surface area contributed by atoms with E-state index >= 15 is 0 Å². The van der Waals surface area contributed by atoms with E-state index in [4.69, 9.17) is 0 Å². The molecule has 6 nitrogen and oxygen atoms in total. The molecule has 27 heavy (non-hydrogen) atoms. The minimum atomic E-state index is -0.0358. The fraction of sp³-hybridized carbons (Fsp3) is 0.421. The van der Waals surface area contributed by atoms with Crippen LogP contribution in [0.2, 0.25) is 0 Å². The van der Waals surface area contributed by atoms with Crippen LogP contribution in [0.5, 0.6) is 0 Å². The molecule has 0 unspecified atom stereocenters. The van der Waals surface area contributed by atoms with Crippen molar-refractivity contribution in [1.82, 2.24) is 10.6 Å². The zero-order valence-electron chi connectivity index (χ0n) is 15.2. The molecule has 2 aliphatic rings. The molecule has 0 atom stereocenters. The Bertz CT molecular complexity index is 739. The number of amides is 1. The molecule has 4 rings (SSSR count). The van der Waals surface area contributed by atoms with Crippen LogP contribution < -0.4 is 25.8 Å². The normalized spacial score (nSPS) is 17.3. The summed E-state index contributed by atoms with van der Waals surface area (Å²) in [5, 5.41) is 10.9. The molecule has 1 aromatic carbocycles. The second kappa shape index (κ2) is 9.41. The summed E-state index contributed by atoms with van der Waals surface area (Å²) in [6, 6.07) is 12.1.